The van der Waals surface area contributed by atoms with E-state index in [0.29, 0.717) is 19.0 Å². The van der Waals surface area contributed by atoms with Gasteiger partial charge in [0.25, 0.3) is 0 Å². The first kappa shape index (κ1) is 26.6. The van der Waals surface area contributed by atoms with Gasteiger partial charge in [-0.25, -0.2) is 0 Å². The van der Waals surface area contributed by atoms with E-state index in [1.807, 2.05) is 51.1 Å². The Kier molecular flexibility index (Phi) is 7.72. The number of hydrogen-bond donors (Lipinski definition) is 1. The summed E-state index contributed by atoms with van der Waals surface area (Å²) in [5, 5.41) is 11.5. The van der Waals surface area contributed by atoms with E-state index in [0.717, 1.165) is 5.56 Å². The first-order valence-corrected chi connectivity index (χ1v) is 14.9. The van der Waals surface area contributed by atoms with Crippen molar-refractivity contribution in [2.75, 3.05) is 13.1 Å². The van der Waals surface area contributed by atoms with Crippen LogP contribution >= 0.6 is 0 Å². The molecule has 5 nitrogen and oxygen atoms in total. The van der Waals surface area contributed by atoms with Gasteiger partial charge in [0.2, 0.25) is 5.91 Å². The highest BCUT2D eigenvalue weighted by Crippen LogP contribution is 2.46. The number of ether oxygens (including phenoxy) is 1. The lowest BCUT2D eigenvalue weighted by molar-refractivity contribution is -0.171. The molecule has 1 aromatic carbocycles. The standard InChI is InChI=1S/C26H43NO4Si/c1-24(2,3)31-23(30)26(7)18-27(16-15-19-13-11-10-12-14-19)22(29)21(26)20(28)17-32(8,9)25(4,5)6/h10-14,20-21,28H,15-18H2,1-9H3/t20?,21?,26-/m1/s1. The van der Waals surface area contributed by atoms with Gasteiger partial charge in [0.1, 0.15) is 5.60 Å². The Balaban J connectivity index is 2.32. The Bertz CT molecular complexity index is 809. The molecule has 6 heteroatoms. The van der Waals surface area contributed by atoms with Crippen LogP contribution in [0.5, 0.6) is 0 Å². The molecule has 0 spiro atoms. The van der Waals surface area contributed by atoms with Crippen molar-refractivity contribution in [1.82, 2.24) is 4.90 Å². The van der Waals surface area contributed by atoms with Gasteiger partial charge in [0, 0.05) is 13.1 Å². The molecule has 0 bridgehead atoms. The highest BCUT2D eigenvalue weighted by atomic mass is 28.3. The summed E-state index contributed by atoms with van der Waals surface area (Å²) in [5.74, 6) is -1.33. The van der Waals surface area contributed by atoms with Gasteiger partial charge < -0.3 is 14.7 Å². The van der Waals surface area contributed by atoms with Gasteiger partial charge in [-0.05, 0) is 50.8 Å². The maximum Gasteiger partial charge on any atom is 0.315 e. The lowest BCUT2D eigenvalue weighted by atomic mass is 9.76. The Morgan fingerprint density at radius 3 is 2.25 bits per heavy atom. The van der Waals surface area contributed by atoms with E-state index < -0.39 is 37.1 Å². The number of hydrogen-bond acceptors (Lipinski definition) is 4. The van der Waals surface area contributed by atoms with Gasteiger partial charge in [-0.1, -0.05) is 64.2 Å². The van der Waals surface area contributed by atoms with Crippen molar-refractivity contribution >= 4 is 20.0 Å². The second-order valence-electron chi connectivity index (χ2n) is 12.3. The topological polar surface area (TPSA) is 66.8 Å². The summed E-state index contributed by atoms with van der Waals surface area (Å²) in [6.07, 6.45) is -0.162. The molecule has 32 heavy (non-hydrogen) atoms. The molecular formula is C26H43NO4Si. The van der Waals surface area contributed by atoms with Crippen molar-refractivity contribution < 1.29 is 19.4 Å². The number of nitrogens with zero attached hydrogens (tertiary/aromatic N) is 1. The molecule has 3 atom stereocenters. The molecule has 1 amide bonds. The first-order valence-electron chi connectivity index (χ1n) is 11.7. The molecular weight excluding hydrogens is 418 g/mol. The van der Waals surface area contributed by atoms with Gasteiger partial charge in [0.05, 0.1) is 25.5 Å². The van der Waals surface area contributed by atoms with Crippen LogP contribution in [-0.4, -0.2) is 54.8 Å². The Morgan fingerprint density at radius 1 is 1.19 bits per heavy atom. The maximum absolute atomic E-state index is 13.6. The highest BCUT2D eigenvalue weighted by Gasteiger charge is 2.58. The largest absolute Gasteiger partial charge is 0.459 e. The SMILES string of the molecule is CC(C)(C)OC(=O)[C@]1(C)CN(CCc2ccccc2)C(=O)C1C(O)C[Si](C)(C)C(C)(C)C. The zero-order chi connectivity index (χ0) is 24.5. The number of carbonyl (C=O) groups is 2. The Hall–Kier alpha value is -1.66. The summed E-state index contributed by atoms with van der Waals surface area (Å²) < 4.78 is 5.74. The molecule has 2 unspecified atom stereocenters. The van der Waals surface area contributed by atoms with Crippen LogP contribution in [0.15, 0.2) is 30.3 Å². The van der Waals surface area contributed by atoms with Crippen LogP contribution in [0.2, 0.25) is 24.2 Å². The van der Waals surface area contributed by atoms with Crippen LogP contribution in [0, 0.1) is 11.3 Å². The van der Waals surface area contributed by atoms with Crippen LogP contribution in [0.3, 0.4) is 0 Å². The van der Waals surface area contributed by atoms with Gasteiger partial charge in [-0.3, -0.25) is 9.59 Å². The predicted octanol–water partition coefficient (Wildman–Crippen LogP) is 4.90. The monoisotopic (exact) mass is 461 g/mol. The lowest BCUT2D eigenvalue weighted by Gasteiger charge is -2.41. The van der Waals surface area contributed by atoms with E-state index in [1.165, 1.54) is 0 Å². The summed E-state index contributed by atoms with van der Waals surface area (Å²) in [6, 6.07) is 10.6. The van der Waals surface area contributed by atoms with Gasteiger partial charge in [-0.2, -0.15) is 0 Å². The van der Waals surface area contributed by atoms with Gasteiger partial charge in [0.15, 0.2) is 0 Å². The zero-order valence-electron chi connectivity index (χ0n) is 21.5. The van der Waals surface area contributed by atoms with Crippen molar-refractivity contribution in [2.45, 2.75) is 90.8 Å². The molecule has 0 saturated carbocycles. The third-order valence-corrected chi connectivity index (χ3v) is 12.8. The second kappa shape index (κ2) is 9.30. The fourth-order valence-electron chi connectivity index (χ4n) is 4.26. The summed E-state index contributed by atoms with van der Waals surface area (Å²) in [5.41, 5.74) is -0.595. The summed E-state index contributed by atoms with van der Waals surface area (Å²) in [4.78, 5) is 28.6. The quantitative estimate of drug-likeness (QED) is 0.463. The fraction of sp³-hybridized carbons (Fsp3) is 0.692. The van der Waals surface area contributed by atoms with Crippen LogP contribution in [0.4, 0.5) is 0 Å². The predicted molar refractivity (Wildman–Crippen MR) is 132 cm³/mol. The van der Waals surface area contributed by atoms with Crippen molar-refractivity contribution in [3.63, 3.8) is 0 Å². The van der Waals surface area contributed by atoms with Gasteiger partial charge in [-0.15, -0.1) is 0 Å². The van der Waals surface area contributed by atoms with Crippen molar-refractivity contribution in [2.24, 2.45) is 11.3 Å². The molecule has 0 aromatic heterocycles. The average molecular weight is 462 g/mol. The average Bonchev–Trinajstić information content (AvgIpc) is 2.89. The third-order valence-electron chi connectivity index (χ3n) is 7.30. The highest BCUT2D eigenvalue weighted by molar-refractivity contribution is 6.80. The van der Waals surface area contributed by atoms with E-state index in [2.05, 4.69) is 33.9 Å². The fourth-order valence-corrected chi connectivity index (χ4v) is 6.16. The van der Waals surface area contributed by atoms with E-state index in [1.54, 1.807) is 11.8 Å². The molecule has 0 aliphatic carbocycles. The second-order valence-corrected chi connectivity index (χ2v) is 18.0. The Morgan fingerprint density at radius 2 is 1.75 bits per heavy atom. The van der Waals surface area contributed by atoms with Crippen LogP contribution in [-0.2, 0) is 20.7 Å². The maximum atomic E-state index is 13.6. The van der Waals surface area contributed by atoms with Crippen molar-refractivity contribution in [3.05, 3.63) is 35.9 Å². The number of carbonyl (C=O) groups excluding carboxylic acids is 2. The molecule has 1 N–H and O–H groups in total. The summed E-state index contributed by atoms with van der Waals surface area (Å²) in [7, 11) is -1.88. The summed E-state index contributed by atoms with van der Waals surface area (Å²) in [6.45, 7) is 19.2. The number of rotatable bonds is 7. The van der Waals surface area contributed by atoms with Crippen molar-refractivity contribution in [1.29, 1.82) is 0 Å². The Labute approximate surface area is 195 Å². The zero-order valence-corrected chi connectivity index (χ0v) is 22.5. The minimum Gasteiger partial charge on any atom is -0.459 e. The molecule has 1 fully saturated rings. The molecule has 1 saturated heterocycles. The van der Waals surface area contributed by atoms with Crippen molar-refractivity contribution in [3.8, 4) is 0 Å². The molecule has 1 aliphatic heterocycles. The third kappa shape index (κ3) is 6.01. The van der Waals surface area contributed by atoms with Crippen LogP contribution in [0.1, 0.15) is 54.0 Å². The van der Waals surface area contributed by atoms with E-state index in [4.69, 9.17) is 4.74 Å². The number of aliphatic hydroxyl groups excluding tert-OH is 1. The van der Waals surface area contributed by atoms with E-state index in [-0.39, 0.29) is 17.5 Å². The molecule has 2 rings (SSSR count). The summed E-state index contributed by atoms with van der Waals surface area (Å²) >= 11 is 0. The normalized spacial score (nSPS) is 23.4. The molecule has 1 aliphatic rings. The number of likely N-dealkylation sites (tertiary alicyclic amines) is 1. The molecule has 0 radical (unpaired) electrons. The number of amides is 1. The minimum atomic E-state index is -1.88. The van der Waals surface area contributed by atoms with Crippen LogP contribution < -0.4 is 0 Å². The molecule has 180 valence electrons. The molecule has 1 heterocycles. The minimum absolute atomic E-state index is 0.0744. The number of esters is 1. The number of aliphatic hydroxyl groups is 1. The van der Waals surface area contributed by atoms with E-state index in [9.17, 15) is 14.7 Å². The molecule has 1 aromatic rings. The smallest absolute Gasteiger partial charge is 0.315 e. The van der Waals surface area contributed by atoms with Crippen LogP contribution in [0.25, 0.3) is 0 Å². The lowest BCUT2D eigenvalue weighted by Crippen LogP contribution is -2.49. The van der Waals surface area contributed by atoms with Gasteiger partial charge >= 0.3 is 5.97 Å². The number of benzene rings is 1. The first-order chi connectivity index (χ1) is 14.5. The van der Waals surface area contributed by atoms with E-state index >= 15 is 0 Å².